The van der Waals surface area contributed by atoms with Crippen LogP contribution in [0.1, 0.15) is 39.5 Å². The van der Waals surface area contributed by atoms with Crippen molar-refractivity contribution in [1.29, 1.82) is 0 Å². The van der Waals surface area contributed by atoms with Crippen LogP contribution in [-0.2, 0) is 4.74 Å². The maximum Gasteiger partial charge on any atom is 0.191 e. The van der Waals surface area contributed by atoms with Crippen LogP contribution in [0.25, 0.3) is 0 Å². The third-order valence-electron chi connectivity index (χ3n) is 4.72. The third kappa shape index (κ3) is 5.85. The maximum absolute atomic E-state index is 5.28. The number of hydrogen-bond acceptors (Lipinski definition) is 3. The summed E-state index contributed by atoms with van der Waals surface area (Å²) in [5.74, 6) is 0.910. The first-order valence-corrected chi connectivity index (χ1v) is 8.43. The van der Waals surface area contributed by atoms with Crippen LogP contribution in [0.5, 0.6) is 0 Å². The molecule has 130 valence electrons. The van der Waals surface area contributed by atoms with Gasteiger partial charge in [-0.3, -0.25) is 9.89 Å². The minimum Gasteiger partial charge on any atom is -0.380 e. The second-order valence-electron chi connectivity index (χ2n) is 6.75. The van der Waals surface area contributed by atoms with Crippen molar-refractivity contribution in [1.82, 2.24) is 15.5 Å². The first-order chi connectivity index (χ1) is 10.2. The molecular weight excluding hydrogens is 391 g/mol. The molecule has 5 nitrogen and oxygen atoms in total. The topological polar surface area (TPSA) is 48.9 Å². The Morgan fingerprint density at radius 2 is 2.09 bits per heavy atom. The summed E-state index contributed by atoms with van der Waals surface area (Å²) in [7, 11) is 1.84. The van der Waals surface area contributed by atoms with Crippen LogP contribution in [0.3, 0.4) is 0 Å². The Morgan fingerprint density at radius 3 is 2.68 bits per heavy atom. The van der Waals surface area contributed by atoms with E-state index in [0.717, 1.165) is 44.8 Å². The lowest BCUT2D eigenvalue weighted by Gasteiger charge is -2.38. The average molecular weight is 424 g/mol. The monoisotopic (exact) mass is 424 g/mol. The summed E-state index contributed by atoms with van der Waals surface area (Å²) in [4.78, 5) is 6.94. The lowest BCUT2D eigenvalue weighted by molar-refractivity contribution is -0.0971. The maximum atomic E-state index is 5.28. The smallest absolute Gasteiger partial charge is 0.191 e. The fourth-order valence-electron chi connectivity index (χ4n) is 3.20. The SMILES string of the molecule is CCC1CCCCN1CCNC(=NC)NCC1(C)COC1.I. The Kier molecular flexibility index (Phi) is 9.01. The molecule has 2 aliphatic rings. The zero-order chi connectivity index (χ0) is 15.1. The Morgan fingerprint density at radius 1 is 1.32 bits per heavy atom. The Bertz CT molecular complexity index is 347. The van der Waals surface area contributed by atoms with E-state index in [1.165, 1.54) is 32.2 Å². The van der Waals surface area contributed by atoms with E-state index in [-0.39, 0.29) is 29.4 Å². The van der Waals surface area contributed by atoms with E-state index in [1.54, 1.807) is 0 Å². The van der Waals surface area contributed by atoms with Crippen molar-refractivity contribution in [2.45, 2.75) is 45.6 Å². The van der Waals surface area contributed by atoms with E-state index in [9.17, 15) is 0 Å². The molecule has 0 saturated carbocycles. The fraction of sp³-hybridized carbons (Fsp3) is 0.938. The second kappa shape index (κ2) is 9.93. The Balaban J connectivity index is 0.00000242. The summed E-state index contributed by atoms with van der Waals surface area (Å²) in [5, 5.41) is 6.85. The molecule has 0 bridgehead atoms. The van der Waals surface area contributed by atoms with Crippen LogP contribution in [0.4, 0.5) is 0 Å². The van der Waals surface area contributed by atoms with Crippen molar-refractivity contribution < 1.29 is 4.74 Å². The molecule has 2 fully saturated rings. The zero-order valence-corrected chi connectivity index (χ0v) is 16.7. The number of ether oxygens (including phenoxy) is 1. The summed E-state index contributed by atoms with van der Waals surface area (Å²) in [6, 6.07) is 0.779. The molecule has 0 aromatic rings. The lowest BCUT2D eigenvalue weighted by Crippen LogP contribution is -2.52. The molecule has 0 aromatic carbocycles. The molecule has 2 rings (SSSR count). The third-order valence-corrected chi connectivity index (χ3v) is 4.72. The van der Waals surface area contributed by atoms with Crippen LogP contribution in [0, 0.1) is 5.41 Å². The van der Waals surface area contributed by atoms with Gasteiger partial charge >= 0.3 is 0 Å². The van der Waals surface area contributed by atoms with E-state index in [1.807, 2.05) is 7.05 Å². The van der Waals surface area contributed by atoms with Crippen molar-refractivity contribution in [3.63, 3.8) is 0 Å². The molecule has 0 aliphatic carbocycles. The minimum atomic E-state index is 0. The van der Waals surface area contributed by atoms with Gasteiger partial charge in [-0.2, -0.15) is 0 Å². The molecule has 1 atom stereocenters. The standard InChI is InChI=1S/C16H32N4O.HI/c1-4-14-7-5-6-9-20(14)10-8-18-15(17-3)19-11-16(2)12-21-13-16;/h14H,4-13H2,1-3H3,(H2,17,18,19);1H. The van der Waals surface area contributed by atoms with Gasteiger partial charge in [-0.25, -0.2) is 0 Å². The molecular formula is C16H33IN4O. The number of piperidine rings is 1. The number of likely N-dealkylation sites (tertiary alicyclic amines) is 1. The molecule has 1 unspecified atom stereocenters. The molecule has 2 aliphatic heterocycles. The summed E-state index contributed by atoms with van der Waals surface area (Å²) in [6.07, 6.45) is 5.38. The van der Waals surface area contributed by atoms with Crippen molar-refractivity contribution in [2.24, 2.45) is 10.4 Å². The number of nitrogens with one attached hydrogen (secondary N) is 2. The van der Waals surface area contributed by atoms with Crippen molar-refractivity contribution in [2.75, 3.05) is 46.4 Å². The Hall–Kier alpha value is -0.0800. The van der Waals surface area contributed by atoms with E-state index in [2.05, 4.69) is 34.4 Å². The van der Waals surface area contributed by atoms with Gasteiger partial charge in [0.05, 0.1) is 13.2 Å². The quantitative estimate of drug-likeness (QED) is 0.390. The van der Waals surface area contributed by atoms with E-state index in [0.29, 0.717) is 0 Å². The van der Waals surface area contributed by atoms with Gasteiger partial charge in [-0.05, 0) is 25.8 Å². The van der Waals surface area contributed by atoms with Crippen molar-refractivity contribution >= 4 is 29.9 Å². The van der Waals surface area contributed by atoms with E-state index in [4.69, 9.17) is 4.74 Å². The van der Waals surface area contributed by atoms with Crippen LogP contribution in [0.15, 0.2) is 4.99 Å². The van der Waals surface area contributed by atoms with Crippen LogP contribution in [0.2, 0.25) is 0 Å². The summed E-state index contributed by atoms with van der Waals surface area (Å²) < 4.78 is 5.28. The molecule has 2 saturated heterocycles. The van der Waals surface area contributed by atoms with E-state index >= 15 is 0 Å². The van der Waals surface area contributed by atoms with Gasteiger partial charge in [0.2, 0.25) is 0 Å². The molecule has 0 amide bonds. The highest BCUT2D eigenvalue weighted by Gasteiger charge is 2.33. The average Bonchev–Trinajstić information content (AvgIpc) is 2.49. The summed E-state index contributed by atoms with van der Waals surface area (Å²) >= 11 is 0. The number of nitrogens with zero attached hydrogens (tertiary/aromatic N) is 2. The van der Waals surface area contributed by atoms with Gasteiger partial charge in [-0.15, -0.1) is 24.0 Å². The molecule has 2 N–H and O–H groups in total. The van der Waals surface area contributed by atoms with Gasteiger partial charge in [0, 0.05) is 38.1 Å². The largest absolute Gasteiger partial charge is 0.380 e. The predicted molar refractivity (Wildman–Crippen MR) is 103 cm³/mol. The van der Waals surface area contributed by atoms with Crippen LogP contribution < -0.4 is 10.6 Å². The summed E-state index contributed by atoms with van der Waals surface area (Å²) in [6.45, 7) is 10.5. The van der Waals surface area contributed by atoms with Crippen LogP contribution >= 0.6 is 24.0 Å². The number of halogens is 1. The predicted octanol–water partition coefficient (Wildman–Crippen LogP) is 2.07. The molecule has 0 aromatic heterocycles. The van der Waals surface area contributed by atoms with Gasteiger partial charge in [0.1, 0.15) is 0 Å². The highest BCUT2D eigenvalue weighted by atomic mass is 127. The Labute approximate surface area is 152 Å². The first kappa shape index (κ1) is 20.0. The highest BCUT2D eigenvalue weighted by molar-refractivity contribution is 14.0. The highest BCUT2D eigenvalue weighted by Crippen LogP contribution is 2.24. The first-order valence-electron chi connectivity index (χ1n) is 8.43. The number of rotatable bonds is 6. The molecule has 0 radical (unpaired) electrons. The number of guanidine groups is 1. The zero-order valence-electron chi connectivity index (χ0n) is 14.4. The molecule has 0 spiro atoms. The normalized spacial score (nSPS) is 25.0. The van der Waals surface area contributed by atoms with Crippen LogP contribution in [-0.4, -0.2) is 63.3 Å². The van der Waals surface area contributed by atoms with Gasteiger partial charge in [0.25, 0.3) is 0 Å². The van der Waals surface area contributed by atoms with Gasteiger partial charge in [0.15, 0.2) is 5.96 Å². The molecule has 22 heavy (non-hydrogen) atoms. The van der Waals surface area contributed by atoms with Gasteiger partial charge < -0.3 is 15.4 Å². The number of aliphatic imine (C=N–C) groups is 1. The van der Waals surface area contributed by atoms with Gasteiger partial charge in [-0.1, -0.05) is 20.3 Å². The van der Waals surface area contributed by atoms with Crippen molar-refractivity contribution in [3.8, 4) is 0 Å². The fourth-order valence-corrected chi connectivity index (χ4v) is 3.20. The lowest BCUT2D eigenvalue weighted by atomic mass is 9.89. The van der Waals surface area contributed by atoms with Crippen molar-refractivity contribution in [3.05, 3.63) is 0 Å². The number of hydrogen-bond donors (Lipinski definition) is 2. The molecule has 2 heterocycles. The molecule has 6 heteroatoms. The summed E-state index contributed by atoms with van der Waals surface area (Å²) in [5.41, 5.74) is 0.276. The minimum absolute atomic E-state index is 0. The second-order valence-corrected chi connectivity index (χ2v) is 6.75. The van der Waals surface area contributed by atoms with E-state index < -0.39 is 0 Å².